The maximum atomic E-state index is 12.0. The van der Waals surface area contributed by atoms with Gasteiger partial charge >= 0.3 is 5.97 Å². The second kappa shape index (κ2) is 19.1. The van der Waals surface area contributed by atoms with Crippen molar-refractivity contribution in [3.63, 3.8) is 0 Å². The Kier molecular flexibility index (Phi) is 18.5. The van der Waals surface area contributed by atoms with Gasteiger partial charge in [0, 0.05) is 5.57 Å². The van der Waals surface area contributed by atoms with Crippen molar-refractivity contribution in [3.8, 4) is 0 Å². The first-order valence-electron chi connectivity index (χ1n) is 10.6. The molecule has 0 aromatic heterocycles. The quantitative estimate of drug-likeness (QED) is 0.111. The fraction of sp³-hybridized carbons (Fsp3) is 0.857. The van der Waals surface area contributed by atoms with Crippen molar-refractivity contribution in [1.29, 1.82) is 0 Å². The van der Waals surface area contributed by atoms with Gasteiger partial charge in [-0.3, -0.25) is 0 Å². The van der Waals surface area contributed by atoms with Crippen molar-refractivity contribution in [3.05, 3.63) is 12.2 Å². The minimum Gasteiger partial charge on any atom is -0.462 e. The van der Waals surface area contributed by atoms with Crippen LogP contribution in [0.1, 0.15) is 96.8 Å². The summed E-state index contributed by atoms with van der Waals surface area (Å²) in [6, 6.07) is -1.17. The maximum Gasteiger partial charge on any atom is 0.333 e. The highest BCUT2D eigenvalue weighted by Crippen LogP contribution is 2.13. The van der Waals surface area contributed by atoms with Crippen molar-refractivity contribution in [2.75, 3.05) is 6.61 Å². The summed E-state index contributed by atoms with van der Waals surface area (Å²) in [5.41, 5.74) is 0.469. The zero-order valence-electron chi connectivity index (χ0n) is 16.9. The number of unbranched alkanes of at least 4 members (excludes halogenated alkanes) is 13. The van der Waals surface area contributed by atoms with Gasteiger partial charge in [-0.25, -0.2) is 13.6 Å². The molecular weight excluding hydrogens is 350 g/mol. The first-order valence-corrected chi connectivity index (χ1v) is 12.5. The second-order valence-corrected chi connectivity index (χ2v) is 9.30. The second-order valence-electron chi connectivity index (χ2n) is 7.40. The van der Waals surface area contributed by atoms with Crippen LogP contribution in [0.2, 0.25) is 6.04 Å². The molecule has 154 valence electrons. The van der Waals surface area contributed by atoms with Gasteiger partial charge in [-0.05, 0) is 13.3 Å². The zero-order chi connectivity index (χ0) is 19.5. The summed E-state index contributed by atoms with van der Waals surface area (Å²) < 4.78 is 29.1. The maximum absolute atomic E-state index is 12.0. The van der Waals surface area contributed by atoms with Gasteiger partial charge in [-0.15, -0.1) is 0 Å². The Hall–Kier alpha value is -0.713. The summed E-state index contributed by atoms with van der Waals surface area (Å²) in [5, 5.41) is 0. The smallest absolute Gasteiger partial charge is 0.333 e. The fourth-order valence-corrected chi connectivity index (χ4v) is 3.94. The first-order chi connectivity index (χ1) is 12.5. The standard InChI is InChI=1S/C21H40F2O2Si/c1-19(2)20(24)25-17-15-13-11-9-7-5-3-4-6-8-10-12-14-16-18-26-21(22)23/h21H,1,3-18,26H2,2H3. The lowest BCUT2D eigenvalue weighted by Crippen LogP contribution is -2.05. The Bertz CT molecular complexity index is 349. The van der Waals surface area contributed by atoms with E-state index in [9.17, 15) is 13.6 Å². The lowest BCUT2D eigenvalue weighted by molar-refractivity contribution is -0.139. The average Bonchev–Trinajstić information content (AvgIpc) is 2.60. The molecule has 0 aromatic rings. The highest BCUT2D eigenvalue weighted by atomic mass is 28.2. The average molecular weight is 391 g/mol. The van der Waals surface area contributed by atoms with Crippen LogP contribution in [-0.2, 0) is 9.53 Å². The van der Waals surface area contributed by atoms with E-state index < -0.39 is 15.6 Å². The normalized spacial score (nSPS) is 11.5. The third-order valence-electron chi connectivity index (χ3n) is 4.65. The van der Waals surface area contributed by atoms with Gasteiger partial charge < -0.3 is 4.74 Å². The molecular formula is C21H40F2O2Si. The molecule has 0 amide bonds. The predicted octanol–water partition coefficient (Wildman–Crippen LogP) is 6.38. The summed E-state index contributed by atoms with van der Waals surface area (Å²) in [5.74, 6) is -0.279. The van der Waals surface area contributed by atoms with Crippen LogP contribution < -0.4 is 0 Å². The number of hydrogen-bond donors (Lipinski definition) is 0. The summed E-state index contributed by atoms with van der Waals surface area (Å²) in [4.78, 5) is 11.2. The number of halogens is 2. The molecule has 0 fully saturated rings. The molecule has 0 heterocycles. The largest absolute Gasteiger partial charge is 0.462 e. The summed E-state index contributed by atoms with van der Waals surface area (Å²) in [7, 11) is -1.08. The molecule has 0 aliphatic heterocycles. The topological polar surface area (TPSA) is 26.3 Å². The van der Waals surface area contributed by atoms with E-state index >= 15 is 0 Å². The molecule has 0 saturated heterocycles. The van der Waals surface area contributed by atoms with E-state index in [0.717, 1.165) is 31.7 Å². The highest BCUT2D eigenvalue weighted by molar-refractivity contribution is 6.36. The SMILES string of the molecule is C=C(C)C(=O)OCCCCCCCCCCCCCCCC[SiH2]C(F)F. The summed E-state index contributed by atoms with van der Waals surface area (Å²) >= 11 is 0. The molecule has 0 aromatic carbocycles. The van der Waals surface area contributed by atoms with Gasteiger partial charge in [-0.1, -0.05) is 96.1 Å². The molecule has 0 radical (unpaired) electrons. The van der Waals surface area contributed by atoms with Gasteiger partial charge in [0.05, 0.1) is 6.61 Å². The van der Waals surface area contributed by atoms with Gasteiger partial charge in [-0.2, -0.15) is 0 Å². The van der Waals surface area contributed by atoms with Crippen molar-refractivity contribution >= 4 is 15.5 Å². The fourth-order valence-electron chi connectivity index (χ4n) is 2.99. The molecule has 0 bridgehead atoms. The summed E-state index contributed by atoms with van der Waals surface area (Å²) in [6.07, 6.45) is 17.1. The van der Waals surface area contributed by atoms with Crippen LogP contribution in [0.5, 0.6) is 0 Å². The monoisotopic (exact) mass is 390 g/mol. The van der Waals surface area contributed by atoms with Gasteiger partial charge in [0.25, 0.3) is 0 Å². The lowest BCUT2D eigenvalue weighted by atomic mass is 10.0. The number of carbonyl (C=O) groups excluding carboxylic acids is 1. The van der Waals surface area contributed by atoms with Crippen LogP contribution in [0.15, 0.2) is 12.2 Å². The molecule has 0 N–H and O–H groups in total. The van der Waals surface area contributed by atoms with Crippen molar-refractivity contribution < 1.29 is 18.3 Å². The Morgan fingerprint density at radius 1 is 0.808 bits per heavy atom. The van der Waals surface area contributed by atoms with E-state index in [4.69, 9.17) is 4.74 Å². The molecule has 2 nitrogen and oxygen atoms in total. The Labute approximate surface area is 162 Å². The van der Waals surface area contributed by atoms with E-state index in [1.54, 1.807) is 6.92 Å². The molecule has 26 heavy (non-hydrogen) atoms. The zero-order valence-corrected chi connectivity index (χ0v) is 18.3. The van der Waals surface area contributed by atoms with Crippen LogP contribution in [0.3, 0.4) is 0 Å². The Morgan fingerprint density at radius 3 is 1.58 bits per heavy atom. The highest BCUT2D eigenvalue weighted by Gasteiger charge is 2.02. The minimum absolute atomic E-state index is 0.279. The van der Waals surface area contributed by atoms with Gasteiger partial charge in [0.1, 0.15) is 9.52 Å². The van der Waals surface area contributed by atoms with Crippen LogP contribution in [0, 0.1) is 0 Å². The lowest BCUT2D eigenvalue weighted by Gasteiger charge is -2.05. The van der Waals surface area contributed by atoms with Crippen molar-refractivity contribution in [1.82, 2.24) is 0 Å². The minimum atomic E-state index is -1.98. The number of alkyl halides is 2. The number of hydrogen-bond acceptors (Lipinski definition) is 2. The van der Waals surface area contributed by atoms with Gasteiger partial charge in [0.15, 0.2) is 0 Å². The van der Waals surface area contributed by atoms with Crippen LogP contribution in [-0.4, -0.2) is 28.1 Å². The van der Waals surface area contributed by atoms with Crippen molar-refractivity contribution in [2.24, 2.45) is 0 Å². The molecule has 5 heteroatoms. The number of carbonyl (C=O) groups is 1. The van der Waals surface area contributed by atoms with Gasteiger partial charge in [0.2, 0.25) is 6.05 Å². The van der Waals surface area contributed by atoms with E-state index in [1.807, 2.05) is 0 Å². The number of rotatable bonds is 19. The number of ether oxygens (including phenoxy) is 1. The molecule has 0 aliphatic rings. The molecule has 0 rings (SSSR count). The first kappa shape index (κ1) is 25.3. The molecule has 0 spiro atoms. The molecule has 0 aliphatic carbocycles. The molecule has 0 saturated carbocycles. The predicted molar refractivity (Wildman–Crippen MR) is 110 cm³/mol. The van der Waals surface area contributed by atoms with Crippen LogP contribution in [0.25, 0.3) is 0 Å². The van der Waals surface area contributed by atoms with E-state index in [1.165, 1.54) is 64.2 Å². The molecule has 0 unspecified atom stereocenters. The molecule has 0 atom stereocenters. The van der Waals surface area contributed by atoms with Crippen LogP contribution in [0.4, 0.5) is 8.78 Å². The van der Waals surface area contributed by atoms with E-state index in [0.29, 0.717) is 12.2 Å². The van der Waals surface area contributed by atoms with Crippen LogP contribution >= 0.6 is 0 Å². The Balaban J connectivity index is 3.07. The Morgan fingerprint density at radius 2 is 1.19 bits per heavy atom. The van der Waals surface area contributed by atoms with E-state index in [-0.39, 0.29) is 5.97 Å². The van der Waals surface area contributed by atoms with Crippen molar-refractivity contribution in [2.45, 2.75) is 109 Å². The number of esters is 1. The third kappa shape index (κ3) is 19.6. The summed E-state index contributed by atoms with van der Waals surface area (Å²) in [6.45, 7) is 5.74. The van der Waals surface area contributed by atoms with E-state index in [2.05, 4.69) is 6.58 Å². The third-order valence-corrected chi connectivity index (χ3v) is 5.99.